The van der Waals surface area contributed by atoms with Crippen LogP contribution in [-0.2, 0) is 0 Å². The number of hydrogen-bond acceptors (Lipinski definition) is 2. The summed E-state index contributed by atoms with van der Waals surface area (Å²) in [5.41, 5.74) is 0. The van der Waals surface area contributed by atoms with Crippen molar-refractivity contribution >= 4 is 0 Å². The summed E-state index contributed by atoms with van der Waals surface area (Å²) >= 11 is 0. The molecule has 0 spiro atoms. The molecule has 1 rings (SSSR count). The lowest BCUT2D eigenvalue weighted by Crippen LogP contribution is -2.29. The van der Waals surface area contributed by atoms with Gasteiger partial charge in [-0.15, -0.1) is 0 Å². The molecule has 0 aromatic heterocycles. The maximum atomic E-state index is 3.63. The van der Waals surface area contributed by atoms with E-state index in [9.17, 15) is 0 Å². The van der Waals surface area contributed by atoms with Gasteiger partial charge in [0.05, 0.1) is 0 Å². The molecule has 0 amide bonds. The molecule has 2 N–H and O–H groups in total. The van der Waals surface area contributed by atoms with E-state index in [1.54, 1.807) is 0 Å². The summed E-state index contributed by atoms with van der Waals surface area (Å²) < 4.78 is 0. The zero-order valence-corrected chi connectivity index (χ0v) is 9.10. The third-order valence-corrected chi connectivity index (χ3v) is 2.91. The molecule has 1 aliphatic rings. The third kappa shape index (κ3) is 4.63. The van der Waals surface area contributed by atoms with Gasteiger partial charge in [-0.05, 0) is 51.2 Å². The lowest BCUT2D eigenvalue weighted by atomic mass is 10.1. The van der Waals surface area contributed by atoms with Gasteiger partial charge in [0, 0.05) is 6.04 Å². The van der Waals surface area contributed by atoms with E-state index in [2.05, 4.69) is 24.5 Å². The van der Waals surface area contributed by atoms with Crippen LogP contribution >= 0.6 is 0 Å². The van der Waals surface area contributed by atoms with Crippen LogP contribution in [0.25, 0.3) is 0 Å². The second-order valence-electron chi connectivity index (χ2n) is 4.28. The Morgan fingerprint density at radius 3 is 2.69 bits per heavy atom. The minimum atomic E-state index is 0.816. The van der Waals surface area contributed by atoms with Crippen molar-refractivity contribution in [1.82, 2.24) is 10.6 Å². The summed E-state index contributed by atoms with van der Waals surface area (Å²) in [5, 5.41) is 6.97. The van der Waals surface area contributed by atoms with Gasteiger partial charge in [-0.25, -0.2) is 0 Å². The first-order valence-corrected chi connectivity index (χ1v) is 5.77. The minimum absolute atomic E-state index is 0.816. The largest absolute Gasteiger partial charge is 0.317 e. The monoisotopic (exact) mass is 184 g/mol. The molecule has 2 heteroatoms. The second kappa shape index (κ2) is 6.39. The quantitative estimate of drug-likeness (QED) is 0.615. The molecule has 2 unspecified atom stereocenters. The number of nitrogens with one attached hydrogen (secondary N) is 2. The van der Waals surface area contributed by atoms with Crippen LogP contribution < -0.4 is 10.6 Å². The number of hydrogen-bond donors (Lipinski definition) is 2. The molecule has 0 aromatic rings. The summed E-state index contributed by atoms with van der Waals surface area (Å²) in [4.78, 5) is 0. The molecule has 2 nitrogen and oxygen atoms in total. The summed E-state index contributed by atoms with van der Waals surface area (Å²) in [6, 6.07) is 0.816. The Morgan fingerprint density at radius 1 is 1.23 bits per heavy atom. The van der Waals surface area contributed by atoms with Gasteiger partial charge in [0.15, 0.2) is 0 Å². The Kier molecular flexibility index (Phi) is 5.40. The Hall–Kier alpha value is -0.0800. The van der Waals surface area contributed by atoms with Gasteiger partial charge < -0.3 is 10.6 Å². The highest BCUT2D eigenvalue weighted by Crippen LogP contribution is 2.24. The highest BCUT2D eigenvalue weighted by Gasteiger charge is 2.19. The van der Waals surface area contributed by atoms with E-state index in [0.29, 0.717) is 0 Å². The summed E-state index contributed by atoms with van der Waals surface area (Å²) in [7, 11) is 0. The molecule has 1 fully saturated rings. The summed E-state index contributed by atoms with van der Waals surface area (Å²) in [6.07, 6.45) is 5.47. The van der Waals surface area contributed by atoms with Crippen molar-refractivity contribution in [2.24, 2.45) is 5.92 Å². The Balaban J connectivity index is 1.88. The fourth-order valence-corrected chi connectivity index (χ4v) is 2.09. The van der Waals surface area contributed by atoms with Crippen LogP contribution in [0, 0.1) is 5.92 Å². The normalized spacial score (nSPS) is 28.2. The molecule has 1 aliphatic carbocycles. The Labute approximate surface area is 82.5 Å². The number of rotatable bonds is 6. The smallest absolute Gasteiger partial charge is 0.00697 e. The van der Waals surface area contributed by atoms with Crippen LogP contribution in [0.2, 0.25) is 0 Å². The SMILES string of the molecule is CCNCCCNC1CCC(C)C1. The molecule has 1 saturated carbocycles. The van der Waals surface area contributed by atoms with Gasteiger partial charge in [0.2, 0.25) is 0 Å². The topological polar surface area (TPSA) is 24.1 Å². The van der Waals surface area contributed by atoms with E-state index in [4.69, 9.17) is 0 Å². The Morgan fingerprint density at radius 2 is 2.08 bits per heavy atom. The molecule has 0 aromatic carbocycles. The summed E-state index contributed by atoms with van der Waals surface area (Å²) in [5.74, 6) is 0.950. The lowest BCUT2D eigenvalue weighted by molar-refractivity contribution is 0.490. The molecule has 0 heterocycles. The molecular weight excluding hydrogens is 160 g/mol. The van der Waals surface area contributed by atoms with E-state index in [1.165, 1.54) is 32.2 Å². The van der Waals surface area contributed by atoms with Crippen molar-refractivity contribution in [2.45, 2.75) is 45.6 Å². The molecule has 0 radical (unpaired) electrons. The zero-order chi connectivity index (χ0) is 9.52. The van der Waals surface area contributed by atoms with Crippen molar-refractivity contribution in [3.8, 4) is 0 Å². The Bertz CT molecular complexity index is 125. The van der Waals surface area contributed by atoms with Crippen LogP contribution in [0.3, 0.4) is 0 Å². The molecule has 13 heavy (non-hydrogen) atoms. The molecule has 0 aliphatic heterocycles. The highest BCUT2D eigenvalue weighted by atomic mass is 14.9. The van der Waals surface area contributed by atoms with Crippen LogP contribution in [0.15, 0.2) is 0 Å². The van der Waals surface area contributed by atoms with E-state index in [0.717, 1.165) is 25.0 Å². The first-order valence-electron chi connectivity index (χ1n) is 5.77. The van der Waals surface area contributed by atoms with Crippen molar-refractivity contribution < 1.29 is 0 Å². The molecule has 0 bridgehead atoms. The molecule has 78 valence electrons. The van der Waals surface area contributed by atoms with E-state index < -0.39 is 0 Å². The van der Waals surface area contributed by atoms with E-state index >= 15 is 0 Å². The molecular formula is C11H24N2. The van der Waals surface area contributed by atoms with Crippen LogP contribution in [0.5, 0.6) is 0 Å². The standard InChI is InChI=1S/C11H24N2/c1-3-12-7-4-8-13-11-6-5-10(2)9-11/h10-13H,3-9H2,1-2H3. The van der Waals surface area contributed by atoms with E-state index in [1.807, 2.05) is 0 Å². The predicted octanol–water partition coefficient (Wildman–Crippen LogP) is 1.76. The zero-order valence-electron chi connectivity index (χ0n) is 9.10. The van der Waals surface area contributed by atoms with Gasteiger partial charge in [-0.1, -0.05) is 13.8 Å². The van der Waals surface area contributed by atoms with Gasteiger partial charge in [-0.2, -0.15) is 0 Å². The minimum Gasteiger partial charge on any atom is -0.317 e. The first kappa shape index (κ1) is 11.0. The average molecular weight is 184 g/mol. The van der Waals surface area contributed by atoms with Crippen LogP contribution in [-0.4, -0.2) is 25.7 Å². The fraction of sp³-hybridized carbons (Fsp3) is 1.00. The molecule has 0 saturated heterocycles. The van der Waals surface area contributed by atoms with Crippen molar-refractivity contribution in [2.75, 3.05) is 19.6 Å². The van der Waals surface area contributed by atoms with Crippen LogP contribution in [0.1, 0.15) is 39.5 Å². The van der Waals surface area contributed by atoms with Crippen LogP contribution in [0.4, 0.5) is 0 Å². The van der Waals surface area contributed by atoms with Crippen molar-refractivity contribution in [1.29, 1.82) is 0 Å². The fourth-order valence-electron chi connectivity index (χ4n) is 2.09. The lowest BCUT2D eigenvalue weighted by Gasteiger charge is -2.11. The van der Waals surface area contributed by atoms with Gasteiger partial charge in [0.25, 0.3) is 0 Å². The van der Waals surface area contributed by atoms with Crippen molar-refractivity contribution in [3.63, 3.8) is 0 Å². The predicted molar refractivity (Wildman–Crippen MR) is 58.0 cm³/mol. The second-order valence-corrected chi connectivity index (χ2v) is 4.28. The maximum absolute atomic E-state index is 3.63. The maximum Gasteiger partial charge on any atom is 0.00697 e. The van der Waals surface area contributed by atoms with Gasteiger partial charge in [-0.3, -0.25) is 0 Å². The molecule has 2 atom stereocenters. The highest BCUT2D eigenvalue weighted by molar-refractivity contribution is 4.77. The van der Waals surface area contributed by atoms with E-state index in [-0.39, 0.29) is 0 Å². The van der Waals surface area contributed by atoms with Crippen molar-refractivity contribution in [3.05, 3.63) is 0 Å². The average Bonchev–Trinajstić information content (AvgIpc) is 2.51. The first-order chi connectivity index (χ1) is 6.33. The van der Waals surface area contributed by atoms with Gasteiger partial charge in [0.1, 0.15) is 0 Å². The van der Waals surface area contributed by atoms with Gasteiger partial charge >= 0.3 is 0 Å². The summed E-state index contributed by atoms with van der Waals surface area (Å²) in [6.45, 7) is 7.96. The third-order valence-electron chi connectivity index (χ3n) is 2.91.